The average Bonchev–Trinajstić information content (AvgIpc) is 2.88. The highest BCUT2D eigenvalue weighted by Crippen LogP contribution is 2.43. The lowest BCUT2D eigenvalue weighted by Gasteiger charge is -2.26. The van der Waals surface area contributed by atoms with Gasteiger partial charge in [0.05, 0.1) is 0 Å². The Hall–Kier alpha value is -0.0400. The second-order valence-electron chi connectivity index (χ2n) is 4.74. The van der Waals surface area contributed by atoms with E-state index in [0.29, 0.717) is 5.54 Å². The van der Waals surface area contributed by atoms with Crippen molar-refractivity contribution in [3.63, 3.8) is 0 Å². The molecule has 1 nitrogen and oxygen atoms in total. The summed E-state index contributed by atoms with van der Waals surface area (Å²) in [5.41, 5.74) is 0.599. The summed E-state index contributed by atoms with van der Waals surface area (Å²) >= 11 is 0. The van der Waals surface area contributed by atoms with Gasteiger partial charge < -0.3 is 5.32 Å². The van der Waals surface area contributed by atoms with Gasteiger partial charge in [-0.1, -0.05) is 32.1 Å². The van der Waals surface area contributed by atoms with Gasteiger partial charge in [-0.2, -0.15) is 0 Å². The number of hydrogen-bond acceptors (Lipinski definition) is 1. The van der Waals surface area contributed by atoms with Crippen molar-refractivity contribution >= 4 is 0 Å². The average molecular weight is 167 g/mol. The summed E-state index contributed by atoms with van der Waals surface area (Å²) in [5, 5.41) is 3.50. The van der Waals surface area contributed by atoms with Crippen molar-refractivity contribution in [3.8, 4) is 0 Å². The van der Waals surface area contributed by atoms with Crippen LogP contribution in [0.1, 0.15) is 51.4 Å². The summed E-state index contributed by atoms with van der Waals surface area (Å²) in [5.74, 6) is 1.05. The fourth-order valence-corrected chi connectivity index (χ4v) is 2.65. The van der Waals surface area contributed by atoms with E-state index in [1.54, 1.807) is 0 Å². The summed E-state index contributed by atoms with van der Waals surface area (Å²) in [6.45, 7) is 0. The van der Waals surface area contributed by atoms with Crippen molar-refractivity contribution in [1.82, 2.24) is 5.32 Å². The Morgan fingerprint density at radius 1 is 1.17 bits per heavy atom. The van der Waals surface area contributed by atoms with E-state index in [1.807, 2.05) is 0 Å². The molecule has 0 atom stereocenters. The lowest BCUT2D eigenvalue weighted by atomic mass is 9.84. The van der Waals surface area contributed by atoms with E-state index in [0.717, 1.165) is 5.92 Å². The van der Waals surface area contributed by atoms with Crippen LogP contribution in [0.25, 0.3) is 0 Å². The van der Waals surface area contributed by atoms with Crippen LogP contribution in [-0.4, -0.2) is 12.6 Å². The van der Waals surface area contributed by atoms with E-state index in [1.165, 1.54) is 51.4 Å². The first kappa shape index (κ1) is 8.55. The van der Waals surface area contributed by atoms with E-state index < -0.39 is 0 Å². The molecule has 2 aliphatic carbocycles. The summed E-state index contributed by atoms with van der Waals surface area (Å²) in [6.07, 6.45) is 11.8. The minimum Gasteiger partial charge on any atom is -0.314 e. The van der Waals surface area contributed by atoms with Gasteiger partial charge in [-0.05, 0) is 32.2 Å². The first-order valence-electron chi connectivity index (χ1n) is 5.54. The predicted molar refractivity (Wildman–Crippen MR) is 52.2 cm³/mol. The van der Waals surface area contributed by atoms with Crippen LogP contribution in [-0.2, 0) is 0 Å². The van der Waals surface area contributed by atoms with Crippen molar-refractivity contribution in [2.75, 3.05) is 7.05 Å². The Morgan fingerprint density at radius 2 is 1.83 bits per heavy atom. The Kier molecular flexibility index (Phi) is 2.40. The third-order valence-electron chi connectivity index (χ3n) is 3.79. The molecule has 2 aliphatic rings. The van der Waals surface area contributed by atoms with Crippen molar-refractivity contribution < 1.29 is 0 Å². The topological polar surface area (TPSA) is 12.0 Å². The van der Waals surface area contributed by atoms with E-state index in [9.17, 15) is 0 Å². The maximum absolute atomic E-state index is 3.50. The molecule has 2 saturated carbocycles. The largest absolute Gasteiger partial charge is 0.314 e. The summed E-state index contributed by atoms with van der Waals surface area (Å²) in [7, 11) is 2.13. The van der Waals surface area contributed by atoms with Crippen molar-refractivity contribution in [2.45, 2.75) is 56.9 Å². The van der Waals surface area contributed by atoms with Crippen LogP contribution in [0.3, 0.4) is 0 Å². The Morgan fingerprint density at radius 3 is 2.33 bits per heavy atom. The third kappa shape index (κ3) is 1.82. The smallest absolute Gasteiger partial charge is 0.0182 e. The first-order valence-corrected chi connectivity index (χ1v) is 5.54. The SMILES string of the molecule is CNC1(CC2CCCCC2)CC1. The summed E-state index contributed by atoms with van der Waals surface area (Å²) < 4.78 is 0. The van der Waals surface area contributed by atoms with Crippen LogP contribution in [0, 0.1) is 5.92 Å². The van der Waals surface area contributed by atoms with Crippen LogP contribution in [0.5, 0.6) is 0 Å². The second kappa shape index (κ2) is 3.37. The number of rotatable bonds is 3. The highest BCUT2D eigenvalue weighted by Gasteiger charge is 2.42. The van der Waals surface area contributed by atoms with E-state index in [2.05, 4.69) is 12.4 Å². The van der Waals surface area contributed by atoms with E-state index in [-0.39, 0.29) is 0 Å². The van der Waals surface area contributed by atoms with Crippen LogP contribution in [0.15, 0.2) is 0 Å². The van der Waals surface area contributed by atoms with Crippen LogP contribution >= 0.6 is 0 Å². The molecule has 0 spiro atoms. The van der Waals surface area contributed by atoms with Crippen molar-refractivity contribution in [3.05, 3.63) is 0 Å². The molecule has 2 rings (SSSR count). The predicted octanol–water partition coefficient (Wildman–Crippen LogP) is 2.71. The van der Waals surface area contributed by atoms with Gasteiger partial charge in [0.1, 0.15) is 0 Å². The molecule has 0 aromatic heterocycles. The normalized spacial score (nSPS) is 28.8. The highest BCUT2D eigenvalue weighted by molar-refractivity contribution is 5.02. The monoisotopic (exact) mass is 167 g/mol. The minimum absolute atomic E-state index is 0.599. The van der Waals surface area contributed by atoms with E-state index in [4.69, 9.17) is 0 Å². The fraction of sp³-hybridized carbons (Fsp3) is 1.00. The third-order valence-corrected chi connectivity index (χ3v) is 3.79. The molecular formula is C11H21N. The van der Waals surface area contributed by atoms with Crippen LogP contribution < -0.4 is 5.32 Å². The molecule has 2 fully saturated rings. The maximum Gasteiger partial charge on any atom is 0.0182 e. The highest BCUT2D eigenvalue weighted by atomic mass is 15.0. The maximum atomic E-state index is 3.50. The molecule has 1 N–H and O–H groups in total. The van der Waals surface area contributed by atoms with Gasteiger partial charge in [0, 0.05) is 5.54 Å². The Bertz CT molecular complexity index is 143. The lowest BCUT2D eigenvalue weighted by molar-refractivity contribution is 0.295. The molecule has 1 heteroatoms. The number of hydrogen-bond donors (Lipinski definition) is 1. The summed E-state index contributed by atoms with van der Waals surface area (Å²) in [6, 6.07) is 0. The standard InChI is InChI=1S/C11H21N/c1-12-11(7-8-11)9-10-5-3-2-4-6-10/h10,12H,2-9H2,1H3. The molecule has 0 heterocycles. The molecule has 0 amide bonds. The zero-order valence-electron chi connectivity index (χ0n) is 8.23. The second-order valence-corrected chi connectivity index (χ2v) is 4.74. The molecule has 0 unspecified atom stereocenters. The van der Waals surface area contributed by atoms with Gasteiger partial charge in [0.25, 0.3) is 0 Å². The molecule has 0 aromatic carbocycles. The zero-order chi connectivity index (χ0) is 8.44. The van der Waals surface area contributed by atoms with Crippen LogP contribution in [0.2, 0.25) is 0 Å². The zero-order valence-corrected chi connectivity index (χ0v) is 8.23. The van der Waals surface area contributed by atoms with Gasteiger partial charge in [-0.15, -0.1) is 0 Å². The molecule has 70 valence electrons. The molecule has 0 radical (unpaired) electrons. The molecule has 0 bridgehead atoms. The van der Waals surface area contributed by atoms with Gasteiger partial charge in [0.15, 0.2) is 0 Å². The first-order chi connectivity index (χ1) is 5.85. The minimum atomic E-state index is 0.599. The fourth-order valence-electron chi connectivity index (χ4n) is 2.65. The van der Waals surface area contributed by atoms with Crippen molar-refractivity contribution in [2.24, 2.45) is 5.92 Å². The molecular weight excluding hydrogens is 146 g/mol. The van der Waals surface area contributed by atoms with Gasteiger partial charge in [0.2, 0.25) is 0 Å². The molecule has 0 aliphatic heterocycles. The molecule has 12 heavy (non-hydrogen) atoms. The Balaban J connectivity index is 1.77. The van der Waals surface area contributed by atoms with Gasteiger partial charge in [-0.3, -0.25) is 0 Å². The summed E-state index contributed by atoms with van der Waals surface area (Å²) in [4.78, 5) is 0. The van der Waals surface area contributed by atoms with Crippen LogP contribution in [0.4, 0.5) is 0 Å². The Labute approximate surface area is 75.9 Å². The molecule has 0 aromatic rings. The van der Waals surface area contributed by atoms with Crippen molar-refractivity contribution in [1.29, 1.82) is 0 Å². The van der Waals surface area contributed by atoms with E-state index >= 15 is 0 Å². The van der Waals surface area contributed by atoms with Gasteiger partial charge in [-0.25, -0.2) is 0 Å². The van der Waals surface area contributed by atoms with Gasteiger partial charge >= 0.3 is 0 Å². The number of nitrogens with one attached hydrogen (secondary N) is 1. The quantitative estimate of drug-likeness (QED) is 0.681. The molecule has 0 saturated heterocycles. The lowest BCUT2D eigenvalue weighted by Crippen LogP contribution is -2.30.